The van der Waals surface area contributed by atoms with E-state index < -0.39 is 12.1 Å². The molecule has 0 aliphatic rings. The number of carbonyl (C=O) groups excluding carboxylic acids is 1. The van der Waals surface area contributed by atoms with E-state index in [9.17, 15) is 15.0 Å². The molecule has 0 rings (SSSR count). The number of aliphatic hydroxyl groups excluding tert-OH is 2. The van der Waals surface area contributed by atoms with Gasteiger partial charge in [-0.2, -0.15) is 0 Å². The van der Waals surface area contributed by atoms with Gasteiger partial charge in [0.05, 0.1) is 18.8 Å². The number of hydrogen-bond acceptors (Lipinski definition) is 3. The van der Waals surface area contributed by atoms with Crippen molar-refractivity contribution < 1.29 is 15.0 Å². The number of unbranched alkanes of at least 4 members (excludes halogenated alkanes) is 30. The fourth-order valence-electron chi connectivity index (χ4n) is 8.28. The highest BCUT2D eigenvalue weighted by atomic mass is 16.3. The van der Waals surface area contributed by atoms with Gasteiger partial charge in [0, 0.05) is 6.42 Å². The monoisotopic (exact) mass is 916 g/mol. The number of allylic oxidation sites excluding steroid dienone is 15. The van der Waals surface area contributed by atoms with Crippen molar-refractivity contribution in [1.29, 1.82) is 0 Å². The van der Waals surface area contributed by atoms with Crippen LogP contribution in [0.4, 0.5) is 0 Å². The molecule has 0 aliphatic heterocycles. The molecule has 0 fully saturated rings. The second kappa shape index (κ2) is 56.6. The average Bonchev–Trinajstić information content (AvgIpc) is 3.32. The predicted octanol–water partition coefficient (Wildman–Crippen LogP) is 18.9. The number of carbonyl (C=O) groups is 1. The quantitative estimate of drug-likeness (QED) is 0.0421. The lowest BCUT2D eigenvalue weighted by atomic mass is 10.0. The summed E-state index contributed by atoms with van der Waals surface area (Å²) in [5, 5.41) is 23.2. The van der Waals surface area contributed by atoms with Gasteiger partial charge in [0.15, 0.2) is 0 Å². The van der Waals surface area contributed by atoms with Crippen LogP contribution < -0.4 is 5.32 Å². The van der Waals surface area contributed by atoms with Crippen molar-refractivity contribution in [2.24, 2.45) is 0 Å². The molecule has 0 aromatic rings. The Balaban J connectivity index is 3.59. The number of amides is 1. The zero-order valence-electron chi connectivity index (χ0n) is 43.7. The minimum Gasteiger partial charge on any atom is -0.394 e. The summed E-state index contributed by atoms with van der Waals surface area (Å²) in [4.78, 5) is 12.5. The second-order valence-electron chi connectivity index (χ2n) is 19.0. The van der Waals surface area contributed by atoms with E-state index >= 15 is 0 Å². The molecule has 4 heteroatoms. The molecule has 2 atom stereocenters. The number of aliphatic hydroxyl groups is 2. The summed E-state index contributed by atoms with van der Waals surface area (Å²) >= 11 is 0. The van der Waals surface area contributed by atoms with Crippen molar-refractivity contribution >= 4 is 5.91 Å². The molecule has 4 nitrogen and oxygen atoms in total. The molecular weight excluding hydrogens is 807 g/mol. The molecule has 2 unspecified atom stereocenters. The molecule has 0 spiro atoms. The van der Waals surface area contributed by atoms with Crippen LogP contribution >= 0.6 is 0 Å². The van der Waals surface area contributed by atoms with Crippen molar-refractivity contribution in [3.8, 4) is 0 Å². The minimum absolute atomic E-state index is 0.0842. The zero-order valence-corrected chi connectivity index (χ0v) is 43.7. The van der Waals surface area contributed by atoms with Gasteiger partial charge >= 0.3 is 0 Å². The predicted molar refractivity (Wildman–Crippen MR) is 294 cm³/mol. The van der Waals surface area contributed by atoms with Crippen molar-refractivity contribution in [2.45, 2.75) is 283 Å². The molecular formula is C62H109NO3. The van der Waals surface area contributed by atoms with Gasteiger partial charge < -0.3 is 15.5 Å². The molecule has 0 aromatic carbocycles. The summed E-state index contributed by atoms with van der Waals surface area (Å²) in [6.45, 7) is 4.20. The molecule has 66 heavy (non-hydrogen) atoms. The third-order valence-electron chi connectivity index (χ3n) is 12.6. The molecule has 0 saturated heterocycles. The van der Waals surface area contributed by atoms with Crippen molar-refractivity contribution in [2.75, 3.05) is 6.61 Å². The lowest BCUT2D eigenvalue weighted by Gasteiger charge is -2.20. The van der Waals surface area contributed by atoms with Gasteiger partial charge in [-0.3, -0.25) is 4.79 Å². The molecule has 0 radical (unpaired) electrons. The Kier molecular flexibility index (Phi) is 54.3. The van der Waals surface area contributed by atoms with Gasteiger partial charge in [-0.15, -0.1) is 0 Å². The van der Waals surface area contributed by atoms with E-state index in [-0.39, 0.29) is 12.5 Å². The molecule has 380 valence electrons. The molecule has 0 aliphatic carbocycles. The normalized spacial score (nSPS) is 13.6. The first-order valence-electron chi connectivity index (χ1n) is 28.5. The van der Waals surface area contributed by atoms with Crippen LogP contribution in [0.1, 0.15) is 271 Å². The van der Waals surface area contributed by atoms with Gasteiger partial charge in [0.1, 0.15) is 0 Å². The third-order valence-corrected chi connectivity index (χ3v) is 12.6. The molecule has 0 heterocycles. The molecule has 3 N–H and O–H groups in total. The Hall–Kier alpha value is -2.69. The summed E-state index contributed by atoms with van der Waals surface area (Å²) in [6.07, 6.45) is 84.2. The largest absolute Gasteiger partial charge is 0.394 e. The smallest absolute Gasteiger partial charge is 0.220 e. The third kappa shape index (κ3) is 52.3. The fraction of sp³-hybridized carbons (Fsp3) is 0.726. The van der Waals surface area contributed by atoms with E-state index in [1.807, 2.05) is 6.08 Å². The molecule has 0 aromatic heterocycles. The SMILES string of the molecule is CC/C=C\C/C=C\C/C=C\C/C=C\C/C=C\C/C=C\C/C=C\CCCCCCCC(=O)NC(CO)C(O)/C=C/CCCCCCCCCCCCCCCCCCCCCCCCCCC. The van der Waals surface area contributed by atoms with E-state index in [0.717, 1.165) is 83.5 Å². The Morgan fingerprint density at radius 3 is 1.00 bits per heavy atom. The number of hydrogen-bond donors (Lipinski definition) is 3. The summed E-state index contributed by atoms with van der Waals surface area (Å²) in [5.74, 6) is -0.0842. The number of rotatable bonds is 51. The number of nitrogens with one attached hydrogen (secondary N) is 1. The van der Waals surface area contributed by atoms with Crippen molar-refractivity contribution in [3.05, 3.63) is 97.2 Å². The summed E-state index contributed by atoms with van der Waals surface area (Å²) in [7, 11) is 0. The van der Waals surface area contributed by atoms with Crippen LogP contribution in [-0.4, -0.2) is 34.9 Å². The second-order valence-corrected chi connectivity index (χ2v) is 19.0. The average molecular weight is 917 g/mol. The first-order chi connectivity index (χ1) is 32.7. The van der Waals surface area contributed by atoms with Crippen LogP contribution in [0, 0.1) is 0 Å². The van der Waals surface area contributed by atoms with Crippen LogP contribution in [-0.2, 0) is 4.79 Å². The molecule has 0 saturated carbocycles. The van der Waals surface area contributed by atoms with Crippen LogP contribution in [0.5, 0.6) is 0 Å². The standard InChI is InChI=1S/C62H109NO3/c1-3-5-7-9-11-13-15-17-19-21-23-25-27-29-31-33-35-37-39-41-43-45-47-49-51-53-55-57-61(65)60(59-64)63-62(66)58-56-54-52-50-48-46-44-42-40-38-36-34-32-30-28-26-24-22-20-18-16-14-12-10-8-6-4-2/h6,8,12,14,18,20,24,26,30,32,36,38,42,44,55,57,60-61,64-65H,3-5,7,9-11,13,15-17,19,21-23,25,27-29,31,33-35,37,39-41,43,45-54,56,58-59H2,1-2H3,(H,63,66)/b8-6-,14-12-,20-18-,26-24-,32-30-,38-36-,44-42-,57-55+. The highest BCUT2D eigenvalue weighted by molar-refractivity contribution is 5.76. The van der Waals surface area contributed by atoms with Gasteiger partial charge in [-0.1, -0.05) is 284 Å². The van der Waals surface area contributed by atoms with Crippen molar-refractivity contribution in [3.63, 3.8) is 0 Å². The van der Waals surface area contributed by atoms with Crippen LogP contribution in [0.3, 0.4) is 0 Å². The highest BCUT2D eigenvalue weighted by Crippen LogP contribution is 2.16. The Morgan fingerprint density at radius 1 is 0.379 bits per heavy atom. The Morgan fingerprint density at radius 2 is 0.667 bits per heavy atom. The lowest BCUT2D eigenvalue weighted by Crippen LogP contribution is -2.45. The van der Waals surface area contributed by atoms with Crippen LogP contribution in [0.25, 0.3) is 0 Å². The van der Waals surface area contributed by atoms with Gasteiger partial charge in [-0.05, 0) is 77.0 Å². The summed E-state index contributed by atoms with van der Waals surface area (Å²) < 4.78 is 0. The molecule has 1 amide bonds. The van der Waals surface area contributed by atoms with E-state index in [1.54, 1.807) is 6.08 Å². The summed E-state index contributed by atoms with van der Waals surface area (Å²) in [6, 6.07) is -0.641. The fourth-order valence-corrected chi connectivity index (χ4v) is 8.28. The zero-order chi connectivity index (χ0) is 47.7. The van der Waals surface area contributed by atoms with E-state index in [0.29, 0.717) is 6.42 Å². The highest BCUT2D eigenvalue weighted by Gasteiger charge is 2.18. The van der Waals surface area contributed by atoms with Gasteiger partial charge in [0.25, 0.3) is 0 Å². The van der Waals surface area contributed by atoms with Crippen molar-refractivity contribution in [1.82, 2.24) is 5.32 Å². The maximum atomic E-state index is 12.5. The van der Waals surface area contributed by atoms with Crippen LogP contribution in [0.15, 0.2) is 97.2 Å². The maximum absolute atomic E-state index is 12.5. The Bertz CT molecular complexity index is 1220. The Labute approximate surface area is 411 Å². The van der Waals surface area contributed by atoms with E-state index in [2.05, 4.69) is 104 Å². The first kappa shape index (κ1) is 63.3. The topological polar surface area (TPSA) is 69.6 Å². The van der Waals surface area contributed by atoms with E-state index in [4.69, 9.17) is 0 Å². The lowest BCUT2D eigenvalue weighted by molar-refractivity contribution is -0.123. The van der Waals surface area contributed by atoms with Gasteiger partial charge in [-0.25, -0.2) is 0 Å². The molecule has 0 bridgehead atoms. The maximum Gasteiger partial charge on any atom is 0.220 e. The van der Waals surface area contributed by atoms with E-state index in [1.165, 1.54) is 167 Å². The van der Waals surface area contributed by atoms with Gasteiger partial charge in [0.2, 0.25) is 5.91 Å². The first-order valence-corrected chi connectivity index (χ1v) is 28.5. The van der Waals surface area contributed by atoms with Crippen LogP contribution in [0.2, 0.25) is 0 Å². The minimum atomic E-state index is -0.856. The summed E-state index contributed by atoms with van der Waals surface area (Å²) in [5.41, 5.74) is 0.